The maximum absolute atomic E-state index is 12.9. The molecule has 0 aromatic heterocycles. The molecule has 2 aromatic carbocycles. The van der Waals surface area contributed by atoms with E-state index < -0.39 is 6.16 Å². The van der Waals surface area contributed by atoms with E-state index in [-0.39, 0.29) is 30.1 Å². The second-order valence-corrected chi connectivity index (χ2v) is 15.2. The molecule has 0 bridgehead atoms. The minimum absolute atomic E-state index is 0.0430. The van der Waals surface area contributed by atoms with Crippen LogP contribution in [0, 0.1) is 10.8 Å². The Hall–Kier alpha value is -2.68. The smallest absolute Gasteiger partial charge is 0.494 e. The van der Waals surface area contributed by atoms with Gasteiger partial charge in [0.2, 0.25) is 5.91 Å². The van der Waals surface area contributed by atoms with Crippen LogP contribution in [0.1, 0.15) is 91.5 Å². The number of rotatable bonds is 17. The number of anilines is 2. The van der Waals surface area contributed by atoms with Crippen molar-refractivity contribution < 1.29 is 23.8 Å². The third-order valence-electron chi connectivity index (χ3n) is 9.96. The van der Waals surface area contributed by atoms with Gasteiger partial charge in [0.05, 0.1) is 34.6 Å². The quantitative estimate of drug-likeness (QED) is 0.120. The van der Waals surface area contributed by atoms with E-state index in [2.05, 4.69) is 44.4 Å². The van der Waals surface area contributed by atoms with E-state index in [1.54, 1.807) is 0 Å². The molecule has 1 unspecified atom stereocenters. The van der Waals surface area contributed by atoms with Crippen LogP contribution in [-0.2, 0) is 20.7 Å². The summed E-state index contributed by atoms with van der Waals surface area (Å²) in [5.74, 6) is 0.619. The maximum atomic E-state index is 12.9. The third-order valence-corrected chi connectivity index (χ3v) is 10.8. The Morgan fingerprint density at radius 3 is 2.40 bits per heavy atom. The van der Waals surface area contributed by atoms with E-state index in [1.807, 2.05) is 36.4 Å². The molecule has 10 heteroatoms. The van der Waals surface area contributed by atoms with Crippen molar-refractivity contribution in [1.82, 2.24) is 4.90 Å². The lowest BCUT2D eigenvalue weighted by Gasteiger charge is -2.37. The van der Waals surface area contributed by atoms with Crippen LogP contribution in [0.4, 0.5) is 16.2 Å². The van der Waals surface area contributed by atoms with Gasteiger partial charge in [-0.05, 0) is 79.7 Å². The summed E-state index contributed by atoms with van der Waals surface area (Å²) in [6, 6.07) is 11.6. The second kappa shape index (κ2) is 17.8. The predicted molar refractivity (Wildman–Crippen MR) is 196 cm³/mol. The number of nitrogens with zero attached hydrogens (tertiary/aromatic N) is 3. The fourth-order valence-corrected chi connectivity index (χ4v) is 7.55. The molecule has 4 rings (SSSR count). The van der Waals surface area contributed by atoms with Crippen LogP contribution < -0.4 is 14.5 Å². The molecule has 1 atom stereocenters. The second-order valence-electron chi connectivity index (χ2n) is 14.4. The molecule has 2 aliphatic rings. The number of hydrogen-bond acceptors (Lipinski definition) is 7. The maximum Gasteiger partial charge on any atom is 0.510 e. The minimum Gasteiger partial charge on any atom is -0.494 e. The molecular weight excluding hydrogens is 649 g/mol. The van der Waals surface area contributed by atoms with Gasteiger partial charge < -0.3 is 19.1 Å². The van der Waals surface area contributed by atoms with Crippen molar-refractivity contribution in [3.63, 3.8) is 0 Å². The van der Waals surface area contributed by atoms with Gasteiger partial charge in [-0.25, -0.2) is 4.79 Å². The van der Waals surface area contributed by atoms with Crippen LogP contribution in [0.5, 0.6) is 5.75 Å². The van der Waals surface area contributed by atoms with E-state index in [1.165, 1.54) is 11.3 Å². The Labute approximate surface area is 298 Å². The number of carbonyl (C=O) groups is 2. The summed E-state index contributed by atoms with van der Waals surface area (Å²) in [4.78, 5) is 31.6. The van der Waals surface area contributed by atoms with E-state index >= 15 is 0 Å². The molecule has 8 nitrogen and oxygen atoms in total. The van der Waals surface area contributed by atoms with Crippen LogP contribution in [0.3, 0.4) is 0 Å². The molecule has 0 spiro atoms. The van der Waals surface area contributed by atoms with E-state index in [9.17, 15) is 9.59 Å². The number of fused-ring (bicyclic) bond motifs is 1. The summed E-state index contributed by atoms with van der Waals surface area (Å²) in [5, 5.41) is 1.21. The zero-order valence-electron chi connectivity index (χ0n) is 29.6. The fraction of sp³-hybridized carbons (Fsp3) is 0.632. The summed E-state index contributed by atoms with van der Waals surface area (Å²) >= 11 is 12.6. The molecule has 1 amide bonds. The van der Waals surface area contributed by atoms with Gasteiger partial charge in [0.1, 0.15) is 5.75 Å². The van der Waals surface area contributed by atoms with Gasteiger partial charge in [0.15, 0.2) is 6.73 Å². The zero-order chi connectivity index (χ0) is 34.7. The highest BCUT2D eigenvalue weighted by molar-refractivity contribution is 6.43. The monoisotopic (exact) mass is 703 g/mol. The average Bonchev–Trinajstić information content (AvgIpc) is 3.05. The lowest BCUT2D eigenvalue weighted by Crippen LogP contribution is -2.46. The Balaban J connectivity index is 1.18. The molecule has 0 aliphatic carbocycles. The summed E-state index contributed by atoms with van der Waals surface area (Å²) in [7, 11) is 0. The number of benzene rings is 2. The van der Waals surface area contributed by atoms with Crippen molar-refractivity contribution in [2.75, 3.05) is 62.5 Å². The number of ether oxygens (including phenoxy) is 3. The summed E-state index contributed by atoms with van der Waals surface area (Å²) < 4.78 is 16.9. The van der Waals surface area contributed by atoms with Crippen molar-refractivity contribution >= 4 is 46.6 Å². The van der Waals surface area contributed by atoms with Crippen LogP contribution in [-0.4, -0.2) is 69.6 Å². The van der Waals surface area contributed by atoms with E-state index in [4.69, 9.17) is 37.4 Å². The summed E-state index contributed by atoms with van der Waals surface area (Å²) in [6.07, 6.45) is 7.52. The summed E-state index contributed by atoms with van der Waals surface area (Å²) in [6.45, 7) is 16.8. The number of halogens is 2. The molecular formula is C38H55Cl2N3O5. The third kappa shape index (κ3) is 10.9. The Bertz CT molecular complexity index is 1360. The molecule has 266 valence electrons. The predicted octanol–water partition coefficient (Wildman–Crippen LogP) is 9.39. The van der Waals surface area contributed by atoms with Gasteiger partial charge in [-0.1, -0.05) is 82.8 Å². The fourth-order valence-electron chi connectivity index (χ4n) is 7.13. The van der Waals surface area contributed by atoms with Crippen LogP contribution in [0.15, 0.2) is 36.4 Å². The first kappa shape index (κ1) is 38.1. The number of amides is 1. The first-order valence-electron chi connectivity index (χ1n) is 17.7. The Morgan fingerprint density at radius 1 is 0.896 bits per heavy atom. The summed E-state index contributed by atoms with van der Waals surface area (Å²) in [5.41, 5.74) is 3.09. The molecule has 0 radical (unpaired) electrons. The van der Waals surface area contributed by atoms with Crippen molar-refractivity contribution in [1.29, 1.82) is 0 Å². The Kier molecular flexibility index (Phi) is 14.2. The number of hydrogen-bond donors (Lipinski definition) is 0. The molecule has 2 heterocycles. The number of unbranched alkanes of at least 4 members (excludes halogenated alkanes) is 1. The van der Waals surface area contributed by atoms with Crippen molar-refractivity contribution in [3.05, 3.63) is 52.0 Å². The first-order valence-corrected chi connectivity index (χ1v) is 18.5. The largest absolute Gasteiger partial charge is 0.510 e. The van der Waals surface area contributed by atoms with Crippen LogP contribution in [0.2, 0.25) is 10.0 Å². The van der Waals surface area contributed by atoms with Gasteiger partial charge in [-0.2, -0.15) is 0 Å². The number of piperazine rings is 1. The number of aryl methyl sites for hydroxylation is 1. The molecule has 48 heavy (non-hydrogen) atoms. The van der Waals surface area contributed by atoms with Gasteiger partial charge in [0, 0.05) is 38.7 Å². The zero-order valence-corrected chi connectivity index (χ0v) is 31.1. The molecule has 1 fully saturated rings. The van der Waals surface area contributed by atoms with Gasteiger partial charge in [0.25, 0.3) is 0 Å². The van der Waals surface area contributed by atoms with Crippen molar-refractivity contribution in [2.24, 2.45) is 10.8 Å². The standard InChI is InChI=1S/C38H55Cl2N3O5/c1-6-17-38(5,7-2)27-37(3,4)18-25-47-36(45)48-28-43-33-26-30(15-13-29(33)14-16-34(43)44)46-24-9-8-19-41-20-22-42(23-21-41)32-12-10-11-31(39)35(32)40/h10-13,15,26H,6-9,14,16-25,27-28H2,1-5H3. The molecule has 0 N–H and O–H groups in total. The number of carbonyl (C=O) groups excluding carboxylic acids is 2. The van der Waals surface area contributed by atoms with Crippen LogP contribution >= 0.6 is 23.2 Å². The van der Waals surface area contributed by atoms with Gasteiger partial charge in [-0.3, -0.25) is 14.6 Å². The topological polar surface area (TPSA) is 71.5 Å². The minimum atomic E-state index is -0.750. The molecule has 2 aliphatic heterocycles. The first-order chi connectivity index (χ1) is 22.9. The van der Waals surface area contributed by atoms with Crippen molar-refractivity contribution in [2.45, 2.75) is 92.4 Å². The van der Waals surface area contributed by atoms with Gasteiger partial charge in [-0.15, -0.1) is 0 Å². The average molecular weight is 705 g/mol. The van der Waals surface area contributed by atoms with E-state index in [0.29, 0.717) is 35.2 Å². The highest BCUT2D eigenvalue weighted by Gasteiger charge is 2.31. The SMILES string of the molecule is CCCC(C)(CC)CC(C)(C)CCOC(=O)OCN1C(=O)CCc2ccc(OCCCCN3CCN(c4cccc(Cl)c4Cl)CC3)cc21. The van der Waals surface area contributed by atoms with E-state index in [0.717, 1.165) is 88.2 Å². The highest BCUT2D eigenvalue weighted by atomic mass is 35.5. The van der Waals surface area contributed by atoms with Crippen LogP contribution in [0.25, 0.3) is 0 Å². The molecule has 0 saturated carbocycles. The lowest BCUT2D eigenvalue weighted by molar-refractivity contribution is -0.119. The Morgan fingerprint density at radius 2 is 1.67 bits per heavy atom. The highest BCUT2D eigenvalue weighted by Crippen LogP contribution is 2.41. The lowest BCUT2D eigenvalue weighted by atomic mass is 9.69. The molecule has 2 aromatic rings. The normalized spacial score (nSPS) is 16.8. The molecule has 1 saturated heterocycles. The van der Waals surface area contributed by atoms with Crippen molar-refractivity contribution in [3.8, 4) is 5.75 Å². The van der Waals surface area contributed by atoms with Gasteiger partial charge >= 0.3 is 6.16 Å².